The zero-order valence-electron chi connectivity index (χ0n) is 85.8. The molecule has 0 amide bonds. The van der Waals surface area contributed by atoms with Crippen LogP contribution in [0.5, 0.6) is 0 Å². The summed E-state index contributed by atoms with van der Waals surface area (Å²) in [5, 5.41) is 21.1. The van der Waals surface area contributed by atoms with Gasteiger partial charge in [0.1, 0.15) is 33.9 Å². The molecule has 5 nitrogen and oxygen atoms in total. The van der Waals surface area contributed by atoms with E-state index in [1.54, 1.807) is 0 Å². The van der Waals surface area contributed by atoms with Crippen molar-refractivity contribution >= 4 is 184 Å². The Kier molecular flexibility index (Phi) is 24.4. The maximum atomic E-state index is 6.13. The number of rotatable bonds is 0. The minimum absolute atomic E-state index is 0.147. The topological polar surface area (TPSA) is 23.0 Å². The van der Waals surface area contributed by atoms with E-state index >= 15 is 0 Å². The Morgan fingerprint density at radius 2 is 0.540 bits per heavy atom. The lowest BCUT2D eigenvalue weighted by molar-refractivity contribution is 0.558. The van der Waals surface area contributed by atoms with Crippen LogP contribution in [0.25, 0.3) is 160 Å². The molecule has 692 valence electrons. The van der Waals surface area contributed by atoms with Crippen molar-refractivity contribution in [3.8, 4) is 22.3 Å². The van der Waals surface area contributed by atoms with Crippen LogP contribution in [0.15, 0.2) is 338 Å². The first-order valence-corrected chi connectivity index (χ1v) is 50.5. The summed E-state index contributed by atoms with van der Waals surface area (Å²) in [7, 11) is 13.5. The number of aryl methyl sites for hydroxylation is 2. The molecule has 0 saturated heterocycles. The van der Waals surface area contributed by atoms with Crippen LogP contribution in [0.1, 0.15) is 184 Å². The van der Waals surface area contributed by atoms with E-state index in [1.165, 1.54) is 211 Å². The second-order valence-electron chi connectivity index (χ2n) is 46.2. The fourth-order valence-electron chi connectivity index (χ4n) is 20.1. The number of thiophene rings is 2. The summed E-state index contributed by atoms with van der Waals surface area (Å²) in [4.78, 5) is 0. The molecular formula is C130H136N4OS2+2. The smallest absolute Gasteiger partial charge is 0.146 e. The lowest BCUT2D eigenvalue weighted by atomic mass is 9.85. The molecule has 0 N–H and O–H groups in total. The minimum Gasteiger partial charge on any atom is -0.455 e. The van der Waals surface area contributed by atoms with E-state index in [2.05, 4.69) is 530 Å². The summed E-state index contributed by atoms with van der Waals surface area (Å²) in [5.41, 5.74) is 29.4. The predicted octanol–water partition coefficient (Wildman–Crippen LogP) is 38.0. The SMILES string of the molecule is CC(C)(C)c1ccc2c(c1)[N+](C)(C)c1cc3ccccc3cc1-2.CC(C)(C)c1ccc2c(c1)[N+](C)(C)c1ccc3ccccc3c1-2.CC(C)(C)c1ccc2c(c1)sc1ccccc12.CC(C)(C)c1ccc2oc3c4ccccc4ccc3c2c1.CC(C)(C)c1ccc2sc3ccccc3c2c1.Cn1c2ccccc2c2ccc(C(C)(C)C)cc21.Cn1c2ccccc2c2ccc(C(C)(C)C)cc21. The molecular weight excluding hydrogens is 1700 g/mol. The van der Waals surface area contributed by atoms with Crippen LogP contribution in [0.4, 0.5) is 22.7 Å². The monoisotopic (exact) mass is 1830 g/mol. The van der Waals surface area contributed by atoms with Crippen LogP contribution >= 0.6 is 22.7 Å². The number of hydrogen-bond donors (Lipinski definition) is 0. The molecule has 137 heavy (non-hydrogen) atoms. The van der Waals surface area contributed by atoms with Crippen molar-refractivity contribution in [2.75, 3.05) is 28.2 Å². The van der Waals surface area contributed by atoms with Gasteiger partial charge in [0.2, 0.25) is 0 Å². The van der Waals surface area contributed by atoms with Crippen LogP contribution in [-0.4, -0.2) is 37.3 Å². The van der Waals surface area contributed by atoms with Crippen molar-refractivity contribution < 1.29 is 4.42 Å². The number of furan rings is 1. The molecule has 17 aromatic carbocycles. The highest BCUT2D eigenvalue weighted by molar-refractivity contribution is 7.26. The van der Waals surface area contributed by atoms with Gasteiger partial charge in [-0.2, -0.15) is 0 Å². The summed E-state index contributed by atoms with van der Waals surface area (Å²) in [6, 6.07) is 122. The number of aromatic nitrogens is 2. The molecule has 0 unspecified atom stereocenters. The van der Waals surface area contributed by atoms with Crippen LogP contribution in [0.3, 0.4) is 0 Å². The van der Waals surface area contributed by atoms with Gasteiger partial charge in [0.15, 0.2) is 0 Å². The first-order valence-electron chi connectivity index (χ1n) is 48.9. The third kappa shape index (κ3) is 18.2. The van der Waals surface area contributed by atoms with Crippen LogP contribution in [-0.2, 0) is 52.0 Å². The highest BCUT2D eigenvalue weighted by Gasteiger charge is 2.41. The van der Waals surface area contributed by atoms with Gasteiger partial charge in [0, 0.05) is 155 Å². The van der Waals surface area contributed by atoms with Gasteiger partial charge in [-0.25, -0.2) is 0 Å². The number of nitrogens with zero attached hydrogens (tertiary/aromatic N) is 4. The molecule has 0 saturated carbocycles. The summed E-state index contributed by atoms with van der Waals surface area (Å²) in [6.07, 6.45) is 0. The molecule has 2 aliphatic heterocycles. The van der Waals surface area contributed by atoms with E-state index in [4.69, 9.17) is 4.42 Å². The molecule has 0 spiro atoms. The number of benzene rings is 17. The molecule has 0 bridgehead atoms. The molecule has 7 heteroatoms. The highest BCUT2D eigenvalue weighted by atomic mass is 32.1. The van der Waals surface area contributed by atoms with E-state index in [-0.39, 0.29) is 37.9 Å². The largest absolute Gasteiger partial charge is 0.455 e. The third-order valence-corrected chi connectivity index (χ3v) is 31.0. The number of quaternary nitrogens is 2. The zero-order chi connectivity index (χ0) is 97.3. The molecule has 24 rings (SSSR count). The molecule has 0 fully saturated rings. The third-order valence-electron chi connectivity index (χ3n) is 28.7. The van der Waals surface area contributed by atoms with Gasteiger partial charge in [0.05, 0.1) is 33.8 Å². The van der Waals surface area contributed by atoms with Gasteiger partial charge in [-0.1, -0.05) is 358 Å². The normalized spacial score (nSPS) is 13.5. The Morgan fingerprint density at radius 3 is 1.07 bits per heavy atom. The molecule has 0 aliphatic carbocycles. The molecule has 7 heterocycles. The average molecular weight is 1830 g/mol. The minimum atomic E-state index is 0.147. The second-order valence-corrected chi connectivity index (χ2v) is 48.4. The Labute approximate surface area is 820 Å². The Bertz CT molecular complexity index is 8250. The van der Waals surface area contributed by atoms with Crippen molar-refractivity contribution in [3.05, 3.63) is 373 Å². The molecule has 2 aliphatic rings. The molecule has 5 aromatic heterocycles. The van der Waals surface area contributed by atoms with Gasteiger partial charge in [0.25, 0.3) is 0 Å². The Morgan fingerprint density at radius 1 is 0.212 bits per heavy atom. The van der Waals surface area contributed by atoms with E-state index in [0.717, 1.165) is 20.1 Å². The van der Waals surface area contributed by atoms with Gasteiger partial charge in [-0.3, -0.25) is 8.97 Å². The molecule has 22 aromatic rings. The zero-order valence-corrected chi connectivity index (χ0v) is 87.4. The van der Waals surface area contributed by atoms with Crippen molar-refractivity contribution in [2.45, 2.75) is 183 Å². The number of para-hydroxylation sites is 2. The van der Waals surface area contributed by atoms with Crippen molar-refractivity contribution in [1.29, 1.82) is 0 Å². The fraction of sp³-hybridized carbons (Fsp3) is 0.262. The van der Waals surface area contributed by atoms with Crippen LogP contribution in [0.2, 0.25) is 0 Å². The molecule has 0 radical (unpaired) electrons. The first-order chi connectivity index (χ1) is 64.7. The van der Waals surface area contributed by atoms with Gasteiger partial charge < -0.3 is 13.6 Å². The summed E-state index contributed by atoms with van der Waals surface area (Å²) >= 11 is 3.77. The van der Waals surface area contributed by atoms with Crippen LogP contribution < -0.4 is 8.97 Å². The molecule has 0 atom stereocenters. The fourth-order valence-corrected chi connectivity index (χ4v) is 22.4. The standard InChI is InChI=1S/2C22H24N.C20H18O.2C17H19N.2C16H16S/c1-22(2,3)16-11-12-18-20(14-16)23(4,5)19-13-10-15-8-6-7-9-17(15)21(18)19;1-22(2,3)17-10-11-18-19-12-15-8-6-7-9-16(15)13-20(19)23(4,5)21(18)14-17;1-20(2,3)14-9-11-18-17(12-14)16-10-8-13-6-4-5-7-15(13)19(16)21-18;2*1-17(2,3)12-9-10-14-13-7-5-6-8-15(13)18(4)16(14)11-12;1-16(2,3)11-8-9-15-13(10-11)12-6-4-5-7-14(12)17-15;1-16(2,3)11-8-9-13-12-6-4-5-7-14(12)17-15(13)10-11/h2*6-14H,1-5H3;4-12H,1-3H3;2*5-11H,1-4H3;2*4-10H,1-3H3/q2*+1;;;;;. The number of fused-ring (bicyclic) bond motifs is 26. The maximum Gasteiger partial charge on any atom is 0.146 e. The summed E-state index contributed by atoms with van der Waals surface area (Å²) < 4.78 is 17.9. The van der Waals surface area contributed by atoms with E-state index in [1.807, 2.05) is 22.7 Å². The van der Waals surface area contributed by atoms with E-state index < -0.39 is 0 Å². The Balaban J connectivity index is 0.000000107. The van der Waals surface area contributed by atoms with E-state index in [0.29, 0.717) is 0 Å². The predicted molar refractivity (Wildman–Crippen MR) is 607 cm³/mol. The van der Waals surface area contributed by atoms with Crippen molar-refractivity contribution in [3.63, 3.8) is 0 Å². The van der Waals surface area contributed by atoms with Crippen molar-refractivity contribution in [2.24, 2.45) is 14.1 Å². The maximum absolute atomic E-state index is 6.13. The van der Waals surface area contributed by atoms with Gasteiger partial charge in [-0.15, -0.1) is 22.7 Å². The summed E-state index contributed by atoms with van der Waals surface area (Å²) in [6.45, 7) is 47.6. The highest BCUT2D eigenvalue weighted by Crippen LogP contribution is 2.56. The second kappa shape index (κ2) is 35.4. The summed E-state index contributed by atoms with van der Waals surface area (Å²) in [5.74, 6) is 0. The van der Waals surface area contributed by atoms with Gasteiger partial charge >= 0.3 is 0 Å². The lowest BCUT2D eigenvalue weighted by Crippen LogP contribution is -2.32. The van der Waals surface area contributed by atoms with E-state index in [9.17, 15) is 0 Å². The first kappa shape index (κ1) is 94.6. The quantitative estimate of drug-likeness (QED) is 0.139. The lowest BCUT2D eigenvalue weighted by Gasteiger charge is -2.27. The average Bonchev–Trinajstić information content (AvgIpc) is 1.56. The Hall–Kier alpha value is -12.7. The van der Waals surface area contributed by atoms with Crippen LogP contribution in [0, 0.1) is 0 Å². The number of hydrogen-bond acceptors (Lipinski definition) is 3. The van der Waals surface area contributed by atoms with Gasteiger partial charge in [-0.05, 0) is 201 Å². The van der Waals surface area contributed by atoms with Crippen molar-refractivity contribution in [1.82, 2.24) is 18.1 Å².